The maximum atomic E-state index is 13.5. The number of nitrogens with zero attached hydrogens (tertiary/aromatic N) is 2. The predicted octanol–water partition coefficient (Wildman–Crippen LogP) is 1.58. The van der Waals surface area contributed by atoms with Gasteiger partial charge in [-0.05, 0) is 17.8 Å². The van der Waals surface area contributed by atoms with Gasteiger partial charge in [0.15, 0.2) is 16.7 Å². The van der Waals surface area contributed by atoms with Crippen molar-refractivity contribution in [3.8, 4) is 5.75 Å². The third-order valence-corrected chi connectivity index (χ3v) is 3.59. The molecule has 0 aliphatic carbocycles. The summed E-state index contributed by atoms with van der Waals surface area (Å²) in [6, 6.07) is 1.70. The molecule has 0 radical (unpaired) electrons. The Kier molecular flexibility index (Phi) is 5.64. The predicted molar refractivity (Wildman–Crippen MR) is 83.8 cm³/mol. The van der Waals surface area contributed by atoms with Crippen molar-refractivity contribution in [3.63, 3.8) is 0 Å². The Bertz CT molecular complexity index is 778. The second-order valence-corrected chi connectivity index (χ2v) is 5.28. The number of hydrogen-bond donors (Lipinski definition) is 1. The molecule has 0 aromatic heterocycles. The first-order chi connectivity index (χ1) is 11.4. The van der Waals surface area contributed by atoms with Crippen LogP contribution in [0.2, 0.25) is 0 Å². The fourth-order valence-corrected chi connectivity index (χ4v) is 2.42. The number of esters is 1. The van der Waals surface area contributed by atoms with Crippen LogP contribution in [0.25, 0.3) is 0 Å². The summed E-state index contributed by atoms with van der Waals surface area (Å²) in [5.41, 5.74) is 0.0407. The molecule has 0 saturated carbocycles. The molecule has 1 aliphatic heterocycles. The number of thioether (sulfide) groups is 1. The SMILES string of the molecule is COC(=O)/C=C1/S/C(=N\N=Cc2cc(F)cc(F)c2OC)NC1=O. The van der Waals surface area contributed by atoms with Gasteiger partial charge >= 0.3 is 5.97 Å². The molecular formula is C14H11F2N3O4S. The first-order valence-corrected chi connectivity index (χ1v) is 7.19. The van der Waals surface area contributed by atoms with Gasteiger partial charge in [0.25, 0.3) is 5.91 Å². The van der Waals surface area contributed by atoms with E-state index in [1.165, 1.54) is 14.2 Å². The molecule has 1 amide bonds. The van der Waals surface area contributed by atoms with Gasteiger partial charge in [0.05, 0.1) is 25.3 Å². The molecule has 126 valence electrons. The average molecular weight is 355 g/mol. The molecule has 1 N–H and O–H groups in total. The summed E-state index contributed by atoms with van der Waals surface area (Å²) in [7, 11) is 2.41. The zero-order valence-electron chi connectivity index (χ0n) is 12.5. The molecule has 0 bridgehead atoms. The van der Waals surface area contributed by atoms with Crippen LogP contribution in [-0.4, -0.2) is 37.5 Å². The number of carbonyl (C=O) groups excluding carboxylic acids is 2. The maximum absolute atomic E-state index is 13.5. The number of ether oxygens (including phenoxy) is 2. The van der Waals surface area contributed by atoms with Crippen molar-refractivity contribution in [1.29, 1.82) is 0 Å². The lowest BCUT2D eigenvalue weighted by molar-refractivity contribution is -0.135. The normalized spacial score (nSPS) is 17.6. The van der Waals surface area contributed by atoms with E-state index < -0.39 is 23.5 Å². The third kappa shape index (κ3) is 4.16. The highest BCUT2D eigenvalue weighted by molar-refractivity contribution is 8.18. The topological polar surface area (TPSA) is 89.3 Å². The number of amidine groups is 1. The average Bonchev–Trinajstić information content (AvgIpc) is 2.86. The minimum atomic E-state index is -0.876. The van der Waals surface area contributed by atoms with Gasteiger partial charge in [-0.15, -0.1) is 5.10 Å². The van der Waals surface area contributed by atoms with E-state index in [0.29, 0.717) is 6.07 Å². The highest BCUT2D eigenvalue weighted by atomic mass is 32.2. The van der Waals surface area contributed by atoms with Crippen LogP contribution in [0.3, 0.4) is 0 Å². The zero-order chi connectivity index (χ0) is 17.7. The smallest absolute Gasteiger partial charge is 0.331 e. The first kappa shape index (κ1) is 17.6. The van der Waals surface area contributed by atoms with Crippen molar-refractivity contribution in [3.05, 3.63) is 40.3 Å². The van der Waals surface area contributed by atoms with Gasteiger partial charge < -0.3 is 9.47 Å². The Labute approximate surface area is 139 Å². The van der Waals surface area contributed by atoms with Crippen molar-refractivity contribution in [2.24, 2.45) is 10.2 Å². The van der Waals surface area contributed by atoms with Crippen molar-refractivity contribution in [1.82, 2.24) is 5.32 Å². The number of methoxy groups -OCH3 is 2. The molecule has 7 nitrogen and oxygen atoms in total. The number of benzene rings is 1. The van der Waals surface area contributed by atoms with Gasteiger partial charge in [-0.2, -0.15) is 5.10 Å². The fourth-order valence-electron chi connectivity index (χ4n) is 1.68. The van der Waals surface area contributed by atoms with Crippen LogP contribution in [0.4, 0.5) is 8.78 Å². The van der Waals surface area contributed by atoms with E-state index in [1.54, 1.807) is 0 Å². The van der Waals surface area contributed by atoms with Crippen molar-refractivity contribution >= 4 is 35.0 Å². The van der Waals surface area contributed by atoms with Crippen LogP contribution < -0.4 is 10.1 Å². The van der Waals surface area contributed by atoms with Gasteiger partial charge in [-0.1, -0.05) is 0 Å². The minimum absolute atomic E-state index is 0.0407. The summed E-state index contributed by atoms with van der Waals surface area (Å²) < 4.78 is 36.0. The maximum Gasteiger partial charge on any atom is 0.331 e. The molecule has 1 aliphatic rings. The summed E-state index contributed by atoms with van der Waals surface area (Å²) in [5, 5.41) is 9.84. The van der Waals surface area contributed by atoms with Gasteiger partial charge in [-0.25, -0.2) is 13.6 Å². The lowest BCUT2D eigenvalue weighted by Crippen LogP contribution is -2.19. The number of nitrogens with one attached hydrogen (secondary N) is 1. The summed E-state index contributed by atoms with van der Waals surface area (Å²) in [5.74, 6) is -3.08. The third-order valence-electron chi connectivity index (χ3n) is 2.69. The van der Waals surface area contributed by atoms with Crippen LogP contribution in [0.5, 0.6) is 5.75 Å². The first-order valence-electron chi connectivity index (χ1n) is 6.37. The highest BCUT2D eigenvalue weighted by Crippen LogP contribution is 2.24. The van der Waals surface area contributed by atoms with E-state index in [0.717, 1.165) is 30.1 Å². The largest absolute Gasteiger partial charge is 0.493 e. The molecule has 0 atom stereocenters. The fraction of sp³-hybridized carbons (Fsp3) is 0.143. The van der Waals surface area contributed by atoms with Gasteiger partial charge in [0.2, 0.25) is 0 Å². The second-order valence-electron chi connectivity index (χ2n) is 4.25. The summed E-state index contributed by atoms with van der Waals surface area (Å²) in [4.78, 5) is 22.8. The molecule has 1 heterocycles. The monoisotopic (exact) mass is 355 g/mol. The Balaban J connectivity index is 2.18. The van der Waals surface area contributed by atoms with Gasteiger partial charge in [-0.3, -0.25) is 10.1 Å². The van der Waals surface area contributed by atoms with Crippen LogP contribution in [0.15, 0.2) is 33.3 Å². The summed E-state index contributed by atoms with van der Waals surface area (Å²) in [6.45, 7) is 0. The number of rotatable bonds is 4. The summed E-state index contributed by atoms with van der Waals surface area (Å²) >= 11 is 0.870. The van der Waals surface area contributed by atoms with Crippen molar-refractivity contribution in [2.45, 2.75) is 0 Å². The molecular weight excluding hydrogens is 344 g/mol. The Hall–Kier alpha value is -2.75. The molecule has 2 rings (SSSR count). The molecule has 1 aromatic carbocycles. The van der Waals surface area contributed by atoms with E-state index in [4.69, 9.17) is 4.74 Å². The molecule has 0 unspecified atom stereocenters. The van der Waals surface area contributed by atoms with Crippen molar-refractivity contribution < 1.29 is 27.8 Å². The van der Waals surface area contributed by atoms with Gasteiger partial charge in [0.1, 0.15) is 5.82 Å². The highest BCUT2D eigenvalue weighted by Gasteiger charge is 2.25. The van der Waals surface area contributed by atoms with Crippen LogP contribution >= 0.6 is 11.8 Å². The van der Waals surface area contributed by atoms with Crippen LogP contribution in [0, 0.1) is 11.6 Å². The molecule has 24 heavy (non-hydrogen) atoms. The van der Waals surface area contributed by atoms with E-state index in [2.05, 4.69) is 20.3 Å². The lowest BCUT2D eigenvalue weighted by Gasteiger charge is -2.05. The van der Waals surface area contributed by atoms with E-state index >= 15 is 0 Å². The number of halogens is 2. The van der Waals surface area contributed by atoms with Crippen LogP contribution in [-0.2, 0) is 14.3 Å². The lowest BCUT2D eigenvalue weighted by atomic mass is 10.2. The van der Waals surface area contributed by atoms with E-state index in [-0.39, 0.29) is 21.4 Å². The molecule has 1 aromatic rings. The number of carbonyl (C=O) groups is 2. The second kappa shape index (κ2) is 7.68. The Morgan fingerprint density at radius 1 is 1.33 bits per heavy atom. The van der Waals surface area contributed by atoms with Crippen LogP contribution in [0.1, 0.15) is 5.56 Å². The molecule has 0 spiro atoms. The van der Waals surface area contributed by atoms with E-state index in [9.17, 15) is 18.4 Å². The molecule has 1 saturated heterocycles. The number of hydrogen-bond acceptors (Lipinski definition) is 7. The standard InChI is InChI=1S/C14H11F2N3O4S/c1-22-11(20)5-10-13(21)18-14(24-10)19-17-6-7-3-8(15)4-9(16)12(7)23-2/h3-6H,1-2H3,(H,18,19,21)/b10-5+,17-6?. The Morgan fingerprint density at radius 3 is 2.75 bits per heavy atom. The van der Waals surface area contributed by atoms with E-state index in [1.807, 2.05) is 0 Å². The zero-order valence-corrected chi connectivity index (χ0v) is 13.3. The molecule has 10 heteroatoms. The quantitative estimate of drug-likeness (QED) is 0.383. The minimum Gasteiger partial charge on any atom is -0.493 e. The number of amides is 1. The Morgan fingerprint density at radius 2 is 2.08 bits per heavy atom. The molecule has 1 fully saturated rings. The van der Waals surface area contributed by atoms with Crippen molar-refractivity contribution in [2.75, 3.05) is 14.2 Å². The van der Waals surface area contributed by atoms with Gasteiger partial charge in [0, 0.05) is 17.7 Å². The summed E-state index contributed by atoms with van der Waals surface area (Å²) in [6.07, 6.45) is 2.09.